The van der Waals surface area contributed by atoms with Gasteiger partial charge < -0.3 is 8.85 Å². The maximum Gasteiger partial charge on any atom is 0.337 e. The van der Waals surface area contributed by atoms with E-state index >= 15 is 0 Å². The van der Waals surface area contributed by atoms with Crippen LogP contribution in [0.5, 0.6) is 0 Å². The fourth-order valence-electron chi connectivity index (χ4n) is 2.83. The number of hydrogen-bond acceptors (Lipinski definition) is 2. The second-order valence-corrected chi connectivity index (χ2v) is 8.68. The molecule has 1 saturated carbocycles. The Morgan fingerprint density at radius 1 is 1.06 bits per heavy atom. The van der Waals surface area contributed by atoms with Gasteiger partial charge in [-0.2, -0.15) is 0 Å². The quantitative estimate of drug-likeness (QED) is 0.628. The Labute approximate surface area is 102 Å². The maximum absolute atomic E-state index is 5.81. The summed E-state index contributed by atoms with van der Waals surface area (Å²) in [6, 6.07) is 2.40. The van der Waals surface area contributed by atoms with Crippen LogP contribution in [0, 0.1) is 5.92 Å². The molecule has 96 valence electrons. The first-order valence-electron chi connectivity index (χ1n) is 6.86. The van der Waals surface area contributed by atoms with Gasteiger partial charge in [0.05, 0.1) is 0 Å². The third kappa shape index (κ3) is 4.19. The Bertz CT molecular complexity index is 175. The Morgan fingerprint density at radius 3 is 2.19 bits per heavy atom. The second kappa shape index (κ2) is 7.46. The predicted octanol–water partition coefficient (Wildman–Crippen LogP) is 4.10. The highest BCUT2D eigenvalue weighted by Crippen LogP contribution is 2.33. The van der Waals surface area contributed by atoms with E-state index in [0.717, 1.165) is 5.92 Å². The van der Waals surface area contributed by atoms with Crippen LogP contribution in [0.1, 0.15) is 51.9 Å². The minimum atomic E-state index is -1.85. The second-order valence-electron chi connectivity index (χ2n) is 5.13. The van der Waals surface area contributed by atoms with E-state index in [1.54, 1.807) is 0 Å². The zero-order chi connectivity index (χ0) is 11.9. The highest BCUT2D eigenvalue weighted by atomic mass is 28.4. The summed E-state index contributed by atoms with van der Waals surface area (Å²) in [5.74, 6) is 0.872. The van der Waals surface area contributed by atoms with Crippen LogP contribution in [-0.4, -0.2) is 22.8 Å². The monoisotopic (exact) mass is 244 g/mol. The summed E-state index contributed by atoms with van der Waals surface area (Å²) in [7, 11) is 1.86. The van der Waals surface area contributed by atoms with Crippen molar-refractivity contribution in [3.63, 3.8) is 0 Å². The van der Waals surface area contributed by atoms with E-state index in [4.69, 9.17) is 8.85 Å². The molecule has 2 nitrogen and oxygen atoms in total. The van der Waals surface area contributed by atoms with Crippen LogP contribution >= 0.6 is 0 Å². The smallest absolute Gasteiger partial charge is 0.337 e. The zero-order valence-corrected chi connectivity index (χ0v) is 12.3. The lowest BCUT2D eigenvalue weighted by atomic mass is 9.91. The molecule has 0 atom stereocenters. The molecular weight excluding hydrogens is 216 g/mol. The van der Waals surface area contributed by atoms with Crippen LogP contribution in [0.4, 0.5) is 0 Å². The zero-order valence-electron chi connectivity index (χ0n) is 11.3. The molecule has 1 aliphatic rings. The molecule has 1 fully saturated rings. The molecule has 1 rings (SSSR count). The lowest BCUT2D eigenvalue weighted by Gasteiger charge is -2.32. The average Bonchev–Trinajstić information content (AvgIpc) is 2.36. The largest absolute Gasteiger partial charge is 0.398 e. The van der Waals surface area contributed by atoms with E-state index in [1.807, 2.05) is 14.2 Å². The molecule has 0 radical (unpaired) electrons. The summed E-state index contributed by atoms with van der Waals surface area (Å²) in [6.45, 7) is 2.24. The van der Waals surface area contributed by atoms with Crippen LogP contribution in [0.25, 0.3) is 0 Å². The van der Waals surface area contributed by atoms with Crippen molar-refractivity contribution in [1.29, 1.82) is 0 Å². The van der Waals surface area contributed by atoms with Crippen molar-refractivity contribution in [1.82, 2.24) is 0 Å². The molecule has 1 aliphatic carbocycles. The SMILES string of the molecule is CCCC[Si](CC1CCCCC1)(OC)OC. The van der Waals surface area contributed by atoms with Crippen LogP contribution in [0.15, 0.2) is 0 Å². The van der Waals surface area contributed by atoms with Crippen molar-refractivity contribution in [3.05, 3.63) is 0 Å². The molecular formula is C13H28O2Si. The molecule has 0 aromatic rings. The van der Waals surface area contributed by atoms with Gasteiger partial charge in [0, 0.05) is 14.2 Å². The van der Waals surface area contributed by atoms with Crippen molar-refractivity contribution in [3.8, 4) is 0 Å². The Morgan fingerprint density at radius 2 is 1.69 bits per heavy atom. The van der Waals surface area contributed by atoms with Gasteiger partial charge in [0.2, 0.25) is 0 Å². The molecule has 3 heteroatoms. The molecule has 0 saturated heterocycles. The van der Waals surface area contributed by atoms with Gasteiger partial charge >= 0.3 is 8.56 Å². The molecule has 16 heavy (non-hydrogen) atoms. The topological polar surface area (TPSA) is 18.5 Å². The summed E-state index contributed by atoms with van der Waals surface area (Å²) in [5.41, 5.74) is 0. The molecule has 0 N–H and O–H groups in total. The first-order chi connectivity index (χ1) is 7.76. The van der Waals surface area contributed by atoms with Gasteiger partial charge in [0.1, 0.15) is 0 Å². The Hall–Kier alpha value is 0.137. The lowest BCUT2D eigenvalue weighted by Crippen LogP contribution is -2.42. The number of hydrogen-bond donors (Lipinski definition) is 0. The minimum Gasteiger partial charge on any atom is -0.398 e. The molecule has 0 amide bonds. The van der Waals surface area contributed by atoms with E-state index < -0.39 is 8.56 Å². The highest BCUT2D eigenvalue weighted by molar-refractivity contribution is 6.67. The standard InChI is InChI=1S/C13H28O2Si/c1-4-5-11-16(14-2,15-3)12-13-9-7-6-8-10-13/h13H,4-12H2,1-3H3. The molecule has 0 spiro atoms. The first kappa shape index (κ1) is 14.2. The summed E-state index contributed by atoms with van der Waals surface area (Å²) in [6.07, 6.45) is 9.54. The van der Waals surface area contributed by atoms with Crippen molar-refractivity contribution >= 4 is 8.56 Å². The Kier molecular flexibility index (Phi) is 6.62. The number of unbranched alkanes of at least 4 members (excludes halogenated alkanes) is 1. The van der Waals surface area contributed by atoms with Crippen LogP contribution < -0.4 is 0 Å². The van der Waals surface area contributed by atoms with E-state index in [1.165, 1.54) is 57.0 Å². The van der Waals surface area contributed by atoms with E-state index in [2.05, 4.69) is 6.92 Å². The van der Waals surface area contributed by atoms with Gasteiger partial charge in [0.15, 0.2) is 0 Å². The molecule has 0 heterocycles. The minimum absolute atomic E-state index is 0.872. The Balaban J connectivity index is 2.46. The van der Waals surface area contributed by atoms with Gasteiger partial charge in [-0.15, -0.1) is 0 Å². The predicted molar refractivity (Wildman–Crippen MR) is 70.9 cm³/mol. The van der Waals surface area contributed by atoms with E-state index in [0.29, 0.717) is 0 Å². The fourth-order valence-corrected chi connectivity index (χ4v) is 6.13. The average molecular weight is 244 g/mol. The molecule has 0 bridgehead atoms. The van der Waals surface area contributed by atoms with E-state index in [9.17, 15) is 0 Å². The normalized spacial score (nSPS) is 18.9. The van der Waals surface area contributed by atoms with Crippen molar-refractivity contribution in [2.75, 3.05) is 14.2 Å². The first-order valence-corrected chi connectivity index (χ1v) is 9.09. The van der Waals surface area contributed by atoms with Gasteiger partial charge in [-0.25, -0.2) is 0 Å². The van der Waals surface area contributed by atoms with Gasteiger partial charge in [0.25, 0.3) is 0 Å². The van der Waals surface area contributed by atoms with Crippen LogP contribution in [0.3, 0.4) is 0 Å². The molecule has 0 aliphatic heterocycles. The summed E-state index contributed by atoms with van der Waals surface area (Å²) >= 11 is 0. The molecule has 0 unspecified atom stereocenters. The van der Waals surface area contributed by atoms with E-state index in [-0.39, 0.29) is 0 Å². The van der Waals surface area contributed by atoms with Gasteiger partial charge in [-0.1, -0.05) is 51.9 Å². The fraction of sp³-hybridized carbons (Fsp3) is 1.00. The third-order valence-corrected chi connectivity index (χ3v) is 7.78. The third-order valence-electron chi connectivity index (χ3n) is 3.98. The van der Waals surface area contributed by atoms with Crippen LogP contribution in [-0.2, 0) is 8.85 Å². The summed E-state index contributed by atoms with van der Waals surface area (Å²) < 4.78 is 11.6. The molecule has 0 aromatic carbocycles. The highest BCUT2D eigenvalue weighted by Gasteiger charge is 2.37. The summed E-state index contributed by atoms with van der Waals surface area (Å²) in [4.78, 5) is 0. The van der Waals surface area contributed by atoms with Crippen molar-refractivity contribution in [2.24, 2.45) is 5.92 Å². The van der Waals surface area contributed by atoms with Crippen molar-refractivity contribution in [2.45, 2.75) is 64.0 Å². The summed E-state index contributed by atoms with van der Waals surface area (Å²) in [5, 5.41) is 0. The van der Waals surface area contributed by atoms with Crippen LogP contribution in [0.2, 0.25) is 12.1 Å². The van der Waals surface area contributed by atoms with Crippen molar-refractivity contribution < 1.29 is 8.85 Å². The van der Waals surface area contributed by atoms with Gasteiger partial charge in [-0.05, 0) is 18.0 Å². The number of rotatable bonds is 7. The lowest BCUT2D eigenvalue weighted by molar-refractivity contribution is 0.224. The molecule has 0 aromatic heterocycles. The van der Waals surface area contributed by atoms with Gasteiger partial charge in [-0.3, -0.25) is 0 Å². The maximum atomic E-state index is 5.81.